The number of anilines is 1. The van der Waals surface area contributed by atoms with Gasteiger partial charge in [0.15, 0.2) is 0 Å². The lowest BCUT2D eigenvalue weighted by Gasteiger charge is -2.27. The van der Waals surface area contributed by atoms with Gasteiger partial charge in [-0.05, 0) is 38.7 Å². The van der Waals surface area contributed by atoms with E-state index in [1.54, 1.807) is 13.1 Å². The number of nitrogens with zero attached hydrogens (tertiary/aromatic N) is 2. The van der Waals surface area contributed by atoms with Crippen molar-refractivity contribution >= 4 is 22.6 Å². The highest BCUT2D eigenvalue weighted by Gasteiger charge is 2.35. The molecule has 7 heteroatoms. The summed E-state index contributed by atoms with van der Waals surface area (Å²) in [5.74, 6) is -1.07. The summed E-state index contributed by atoms with van der Waals surface area (Å²) in [5.41, 5.74) is 1.47. The normalized spacial score (nSPS) is 21.4. The number of hydrogen-bond donors (Lipinski definition) is 0. The quantitative estimate of drug-likeness (QED) is 0.759. The van der Waals surface area contributed by atoms with Gasteiger partial charge in [0.1, 0.15) is 11.4 Å². The zero-order valence-corrected chi connectivity index (χ0v) is 15.9. The molecule has 5 rings (SSSR count). The van der Waals surface area contributed by atoms with Crippen molar-refractivity contribution < 1.29 is 18.7 Å². The first-order valence-corrected chi connectivity index (χ1v) is 10.0. The molecule has 2 aliphatic heterocycles. The van der Waals surface area contributed by atoms with Gasteiger partial charge in [0.25, 0.3) is 0 Å². The molecule has 0 amide bonds. The summed E-state index contributed by atoms with van der Waals surface area (Å²) in [6.07, 6.45) is 5.53. The maximum atomic E-state index is 15.3. The number of fused-ring (bicyclic) bond motifs is 5. The van der Waals surface area contributed by atoms with Crippen LogP contribution in [0.25, 0.3) is 10.9 Å². The summed E-state index contributed by atoms with van der Waals surface area (Å²) < 4.78 is 28.2. The molecule has 0 radical (unpaired) electrons. The number of pyridine rings is 1. The zero-order valence-electron chi connectivity index (χ0n) is 15.9. The molecule has 3 heterocycles. The lowest BCUT2D eigenvalue weighted by Crippen LogP contribution is -2.32. The third-order valence-electron chi connectivity index (χ3n) is 6.00. The Morgan fingerprint density at radius 3 is 2.89 bits per heavy atom. The minimum absolute atomic E-state index is 0.0332. The van der Waals surface area contributed by atoms with Crippen LogP contribution in [0.5, 0.6) is 0 Å². The predicted molar refractivity (Wildman–Crippen MR) is 102 cm³/mol. The summed E-state index contributed by atoms with van der Waals surface area (Å²) in [6.45, 7) is 3.49. The Labute approximate surface area is 161 Å². The number of aromatic nitrogens is 1. The maximum absolute atomic E-state index is 15.3. The Morgan fingerprint density at radius 1 is 1.32 bits per heavy atom. The number of carbonyl (C=O) groups excluding carboxylic acids is 1. The fourth-order valence-corrected chi connectivity index (χ4v) is 4.60. The van der Waals surface area contributed by atoms with Crippen molar-refractivity contribution in [3.05, 3.63) is 39.4 Å². The highest BCUT2D eigenvalue weighted by molar-refractivity contribution is 5.96. The smallest absolute Gasteiger partial charge is 0.343 e. The monoisotopic (exact) mass is 386 g/mol. The van der Waals surface area contributed by atoms with Crippen LogP contribution in [-0.4, -0.2) is 36.3 Å². The summed E-state index contributed by atoms with van der Waals surface area (Å²) in [7, 11) is 0. The van der Waals surface area contributed by atoms with Crippen LogP contribution in [0, 0.1) is 5.82 Å². The van der Waals surface area contributed by atoms with Gasteiger partial charge in [0, 0.05) is 29.7 Å². The number of esters is 1. The van der Waals surface area contributed by atoms with Gasteiger partial charge in [-0.1, -0.05) is 0 Å². The van der Waals surface area contributed by atoms with Crippen molar-refractivity contribution in [2.45, 2.75) is 51.3 Å². The standard InChI is InChI=1S/C21H23FN2O4/c1-2-28-21(26)15-9-24(12-5-6-12)18-14(20(15)25)8-17(22)19-16(18)11-27-10-13-4-3-7-23(13)19/h8-9,12-13H,2-7,10-11H2,1H3. The van der Waals surface area contributed by atoms with E-state index < -0.39 is 17.2 Å². The molecule has 6 nitrogen and oxygen atoms in total. The first kappa shape index (κ1) is 17.7. The largest absolute Gasteiger partial charge is 0.462 e. The van der Waals surface area contributed by atoms with Crippen molar-refractivity contribution in [2.24, 2.45) is 0 Å². The van der Waals surface area contributed by atoms with Crippen LogP contribution in [-0.2, 0) is 16.1 Å². The van der Waals surface area contributed by atoms with E-state index in [1.807, 2.05) is 4.57 Å². The zero-order chi connectivity index (χ0) is 19.4. The van der Waals surface area contributed by atoms with Gasteiger partial charge in [-0.15, -0.1) is 0 Å². The lowest BCUT2D eigenvalue weighted by molar-refractivity contribution is 0.0524. The van der Waals surface area contributed by atoms with Crippen molar-refractivity contribution in [1.29, 1.82) is 0 Å². The van der Waals surface area contributed by atoms with E-state index in [4.69, 9.17) is 9.47 Å². The van der Waals surface area contributed by atoms with Crippen LogP contribution in [0.2, 0.25) is 0 Å². The third kappa shape index (κ3) is 2.64. The molecule has 1 aromatic carbocycles. The Morgan fingerprint density at radius 2 is 2.14 bits per heavy atom. The average Bonchev–Trinajstić information content (AvgIpc) is 3.45. The van der Waals surface area contributed by atoms with Gasteiger partial charge in [0.05, 0.1) is 37.1 Å². The summed E-state index contributed by atoms with van der Waals surface area (Å²) in [4.78, 5) is 27.5. The predicted octanol–water partition coefficient (Wildman–Crippen LogP) is 3.15. The molecule has 1 unspecified atom stereocenters. The van der Waals surface area contributed by atoms with E-state index in [9.17, 15) is 9.59 Å². The van der Waals surface area contributed by atoms with Crippen LogP contribution in [0.3, 0.4) is 0 Å². The molecule has 2 aromatic rings. The van der Waals surface area contributed by atoms with Gasteiger partial charge in [0.2, 0.25) is 5.43 Å². The van der Waals surface area contributed by atoms with Crippen molar-refractivity contribution in [2.75, 3.05) is 24.7 Å². The Balaban J connectivity index is 1.81. The molecule has 28 heavy (non-hydrogen) atoms. The molecule has 1 aromatic heterocycles. The summed E-state index contributed by atoms with van der Waals surface area (Å²) in [5, 5.41) is 0.231. The second-order valence-electron chi connectivity index (χ2n) is 7.82. The van der Waals surface area contributed by atoms with Crippen molar-refractivity contribution in [3.63, 3.8) is 0 Å². The first-order chi connectivity index (χ1) is 13.6. The number of rotatable bonds is 3. The molecular formula is C21H23FN2O4. The lowest BCUT2D eigenvalue weighted by atomic mass is 10.0. The Hall–Kier alpha value is -2.41. The molecule has 148 valence electrons. The molecule has 0 bridgehead atoms. The molecular weight excluding hydrogens is 363 g/mol. The van der Waals surface area contributed by atoms with Crippen LogP contribution >= 0.6 is 0 Å². The molecule has 1 saturated carbocycles. The van der Waals surface area contributed by atoms with Gasteiger partial charge >= 0.3 is 5.97 Å². The first-order valence-electron chi connectivity index (χ1n) is 10.0. The minimum Gasteiger partial charge on any atom is -0.462 e. The van der Waals surface area contributed by atoms with Crippen molar-refractivity contribution in [3.8, 4) is 0 Å². The maximum Gasteiger partial charge on any atom is 0.343 e. The third-order valence-corrected chi connectivity index (χ3v) is 6.00. The second kappa shape index (κ2) is 6.58. The Kier molecular flexibility index (Phi) is 4.16. The fraction of sp³-hybridized carbons (Fsp3) is 0.524. The number of carbonyl (C=O) groups is 1. The fourth-order valence-electron chi connectivity index (χ4n) is 4.60. The summed E-state index contributed by atoms with van der Waals surface area (Å²) >= 11 is 0. The van der Waals surface area contributed by atoms with Crippen LogP contribution in [0.4, 0.5) is 10.1 Å². The van der Waals surface area contributed by atoms with Crippen LogP contribution in [0.1, 0.15) is 54.6 Å². The molecule has 1 saturated heterocycles. The highest BCUT2D eigenvalue weighted by atomic mass is 19.1. The SMILES string of the molecule is CCOC(=O)c1cn(C2CC2)c2c3c(c(F)cc2c1=O)N1CCCC1COC3. The van der Waals surface area contributed by atoms with Crippen LogP contribution < -0.4 is 10.3 Å². The van der Waals surface area contributed by atoms with E-state index >= 15 is 4.39 Å². The van der Waals surface area contributed by atoms with Crippen LogP contribution in [0.15, 0.2) is 17.1 Å². The number of halogens is 1. The van der Waals surface area contributed by atoms with Crippen molar-refractivity contribution in [1.82, 2.24) is 4.57 Å². The highest BCUT2D eigenvalue weighted by Crippen LogP contribution is 2.42. The summed E-state index contributed by atoms with van der Waals surface area (Å²) in [6, 6.07) is 1.69. The molecule has 2 fully saturated rings. The molecule has 3 aliphatic rings. The number of hydrogen-bond acceptors (Lipinski definition) is 5. The molecule has 1 aliphatic carbocycles. The second-order valence-corrected chi connectivity index (χ2v) is 7.82. The number of benzene rings is 1. The molecule has 0 N–H and O–H groups in total. The number of ether oxygens (including phenoxy) is 2. The molecule has 1 atom stereocenters. The van der Waals surface area contributed by atoms with Gasteiger partial charge in [-0.25, -0.2) is 9.18 Å². The molecule has 0 spiro atoms. The van der Waals surface area contributed by atoms with Gasteiger partial charge in [-0.2, -0.15) is 0 Å². The van der Waals surface area contributed by atoms with Gasteiger partial charge in [-0.3, -0.25) is 4.79 Å². The topological polar surface area (TPSA) is 60.8 Å². The van der Waals surface area contributed by atoms with E-state index in [0.717, 1.165) is 37.8 Å². The van der Waals surface area contributed by atoms with E-state index in [0.29, 0.717) is 17.8 Å². The van der Waals surface area contributed by atoms with E-state index in [1.165, 1.54) is 6.07 Å². The van der Waals surface area contributed by atoms with E-state index in [-0.39, 0.29) is 36.2 Å². The Bertz CT molecular complexity index is 1030. The minimum atomic E-state index is -0.657. The average molecular weight is 386 g/mol. The van der Waals surface area contributed by atoms with E-state index in [2.05, 4.69) is 4.90 Å². The van der Waals surface area contributed by atoms with Gasteiger partial charge < -0.3 is 18.9 Å².